The largest absolute Gasteiger partial charge is 0.455 e. The third-order valence-electron chi connectivity index (χ3n) is 5.20. The van der Waals surface area contributed by atoms with Gasteiger partial charge in [0.25, 0.3) is 5.91 Å². The Hall–Kier alpha value is -2.02. The van der Waals surface area contributed by atoms with Crippen LogP contribution in [0.2, 0.25) is 0 Å². The number of aryl methyl sites for hydroxylation is 1. The van der Waals surface area contributed by atoms with Gasteiger partial charge < -0.3 is 14.6 Å². The number of nitrogens with one attached hydrogen (secondary N) is 1. The zero-order chi connectivity index (χ0) is 20.8. The number of carbonyl (C=O) groups is 1. The molecule has 0 spiro atoms. The third-order valence-corrected chi connectivity index (χ3v) is 6.07. The molecular formula is C22H32N4O2S. The molecule has 0 atom stereocenters. The van der Waals surface area contributed by atoms with E-state index in [-0.39, 0.29) is 5.91 Å². The van der Waals surface area contributed by atoms with Crippen LogP contribution in [0.25, 0.3) is 0 Å². The van der Waals surface area contributed by atoms with Gasteiger partial charge in [-0.1, -0.05) is 44.9 Å². The van der Waals surface area contributed by atoms with Crippen LogP contribution in [0.15, 0.2) is 27.8 Å². The summed E-state index contributed by atoms with van der Waals surface area (Å²) >= 11 is 1.53. The summed E-state index contributed by atoms with van der Waals surface area (Å²) in [6.07, 6.45) is 6.40. The first-order valence-corrected chi connectivity index (χ1v) is 11.5. The van der Waals surface area contributed by atoms with Crippen LogP contribution < -0.4 is 10.2 Å². The van der Waals surface area contributed by atoms with Gasteiger partial charge in [0.1, 0.15) is 11.6 Å². The Bertz CT molecular complexity index is 815. The van der Waals surface area contributed by atoms with Crippen molar-refractivity contribution in [1.82, 2.24) is 15.3 Å². The van der Waals surface area contributed by atoms with Gasteiger partial charge in [-0.25, -0.2) is 9.97 Å². The van der Waals surface area contributed by atoms with Crippen molar-refractivity contribution in [2.75, 3.05) is 18.5 Å². The normalized spacial score (nSPS) is 14.9. The minimum absolute atomic E-state index is 0.168. The Kier molecular flexibility index (Phi) is 7.58. The SMILES string of the molecule is Cc1cc(N(C)C2CCCCC2)nc(SCc2ccc(C(=O)NCC(C)C)o2)n1. The summed E-state index contributed by atoms with van der Waals surface area (Å²) < 4.78 is 5.70. The average molecular weight is 417 g/mol. The maximum atomic E-state index is 12.1. The lowest BCUT2D eigenvalue weighted by molar-refractivity contribution is 0.0920. The van der Waals surface area contributed by atoms with E-state index in [0.29, 0.717) is 30.0 Å². The molecule has 0 aromatic carbocycles. The number of furan rings is 1. The summed E-state index contributed by atoms with van der Waals surface area (Å²) in [4.78, 5) is 23.8. The number of carbonyl (C=O) groups excluding carboxylic acids is 1. The maximum Gasteiger partial charge on any atom is 0.287 e. The van der Waals surface area contributed by atoms with Gasteiger partial charge in [0.2, 0.25) is 0 Å². The molecule has 1 N–H and O–H groups in total. The fraction of sp³-hybridized carbons (Fsp3) is 0.591. The molecule has 2 aromatic heterocycles. The van der Waals surface area contributed by atoms with E-state index in [1.807, 2.05) is 13.0 Å². The topological polar surface area (TPSA) is 71.3 Å². The quantitative estimate of drug-likeness (QED) is 0.491. The second-order valence-electron chi connectivity index (χ2n) is 8.21. The van der Waals surface area contributed by atoms with Crippen molar-refractivity contribution in [1.29, 1.82) is 0 Å². The van der Waals surface area contributed by atoms with Gasteiger partial charge in [-0.3, -0.25) is 4.79 Å². The molecule has 1 amide bonds. The summed E-state index contributed by atoms with van der Waals surface area (Å²) in [5, 5.41) is 3.61. The van der Waals surface area contributed by atoms with Crippen molar-refractivity contribution in [3.63, 3.8) is 0 Å². The highest BCUT2D eigenvalue weighted by molar-refractivity contribution is 7.98. The smallest absolute Gasteiger partial charge is 0.287 e. The van der Waals surface area contributed by atoms with Crippen molar-refractivity contribution in [3.8, 4) is 0 Å². The standard InChI is InChI=1S/C22H32N4O2S/c1-15(2)13-23-21(27)19-11-10-18(28-19)14-29-22-24-16(3)12-20(25-22)26(4)17-8-6-5-7-9-17/h10-12,15,17H,5-9,13-14H2,1-4H3,(H,23,27). The molecular weight excluding hydrogens is 384 g/mol. The molecule has 1 aliphatic rings. The number of rotatable bonds is 8. The molecule has 29 heavy (non-hydrogen) atoms. The second kappa shape index (κ2) is 10.1. The van der Waals surface area contributed by atoms with Gasteiger partial charge in [-0.15, -0.1) is 0 Å². The second-order valence-corrected chi connectivity index (χ2v) is 9.15. The Morgan fingerprint density at radius 1 is 1.28 bits per heavy atom. The van der Waals surface area contributed by atoms with Gasteiger partial charge in [0, 0.05) is 31.4 Å². The summed E-state index contributed by atoms with van der Waals surface area (Å²) in [6.45, 7) is 6.77. The molecule has 0 saturated heterocycles. The van der Waals surface area contributed by atoms with Crippen molar-refractivity contribution in [2.24, 2.45) is 5.92 Å². The molecule has 1 fully saturated rings. The monoisotopic (exact) mass is 416 g/mol. The van der Waals surface area contributed by atoms with Crippen LogP contribution in [-0.4, -0.2) is 35.5 Å². The van der Waals surface area contributed by atoms with Crippen molar-refractivity contribution in [2.45, 2.75) is 69.8 Å². The van der Waals surface area contributed by atoms with Crippen molar-refractivity contribution < 1.29 is 9.21 Å². The van der Waals surface area contributed by atoms with E-state index in [4.69, 9.17) is 9.40 Å². The van der Waals surface area contributed by atoms with Crippen LogP contribution >= 0.6 is 11.8 Å². The van der Waals surface area contributed by atoms with E-state index in [0.717, 1.165) is 22.4 Å². The van der Waals surface area contributed by atoms with E-state index in [9.17, 15) is 4.79 Å². The predicted molar refractivity (Wildman–Crippen MR) is 117 cm³/mol. The number of hydrogen-bond acceptors (Lipinski definition) is 6. The Balaban J connectivity index is 1.61. The van der Waals surface area contributed by atoms with Gasteiger partial charge in [0.05, 0.1) is 5.75 Å². The van der Waals surface area contributed by atoms with Crippen molar-refractivity contribution in [3.05, 3.63) is 35.4 Å². The molecule has 0 aliphatic heterocycles. The summed E-state index contributed by atoms with van der Waals surface area (Å²) in [7, 11) is 2.14. The van der Waals surface area contributed by atoms with Crippen molar-refractivity contribution >= 4 is 23.5 Å². The Morgan fingerprint density at radius 3 is 2.76 bits per heavy atom. The van der Waals surface area contributed by atoms with Gasteiger partial charge in [-0.05, 0) is 37.8 Å². The zero-order valence-electron chi connectivity index (χ0n) is 17.9. The highest BCUT2D eigenvalue weighted by atomic mass is 32.2. The first kappa shape index (κ1) is 21.7. The van der Waals surface area contributed by atoms with E-state index in [1.165, 1.54) is 43.9 Å². The predicted octanol–water partition coefficient (Wildman–Crippen LogP) is 4.83. The minimum Gasteiger partial charge on any atom is -0.455 e. The molecule has 3 rings (SSSR count). The lowest BCUT2D eigenvalue weighted by Crippen LogP contribution is -2.34. The average Bonchev–Trinajstić information content (AvgIpc) is 3.19. The number of anilines is 1. The van der Waals surface area contributed by atoms with Crippen LogP contribution in [0.4, 0.5) is 5.82 Å². The van der Waals surface area contributed by atoms with Crippen LogP contribution in [0, 0.1) is 12.8 Å². The Morgan fingerprint density at radius 2 is 2.03 bits per heavy atom. The molecule has 0 unspecified atom stereocenters. The van der Waals surface area contributed by atoms with Crippen LogP contribution in [0.5, 0.6) is 0 Å². The lowest BCUT2D eigenvalue weighted by atomic mass is 9.94. The summed E-state index contributed by atoms with van der Waals surface area (Å²) in [5.41, 5.74) is 0.966. The molecule has 158 valence electrons. The number of nitrogens with zero attached hydrogens (tertiary/aromatic N) is 3. The van der Waals surface area contributed by atoms with E-state index in [1.54, 1.807) is 6.07 Å². The van der Waals surface area contributed by atoms with Crippen LogP contribution in [0.1, 0.15) is 68.0 Å². The summed E-state index contributed by atoms with van der Waals surface area (Å²) in [6, 6.07) is 6.20. The van der Waals surface area contributed by atoms with E-state index in [2.05, 4.69) is 42.2 Å². The summed E-state index contributed by atoms with van der Waals surface area (Å²) in [5.74, 6) is 2.91. The molecule has 0 bridgehead atoms. The van der Waals surface area contributed by atoms with Crippen LogP contribution in [-0.2, 0) is 5.75 Å². The molecule has 2 aromatic rings. The minimum atomic E-state index is -0.168. The lowest BCUT2D eigenvalue weighted by Gasteiger charge is -2.32. The number of thioether (sulfide) groups is 1. The van der Waals surface area contributed by atoms with Gasteiger partial charge >= 0.3 is 0 Å². The maximum absolute atomic E-state index is 12.1. The fourth-order valence-electron chi connectivity index (χ4n) is 3.52. The molecule has 2 heterocycles. The first-order chi connectivity index (χ1) is 13.9. The molecule has 0 radical (unpaired) electrons. The first-order valence-electron chi connectivity index (χ1n) is 10.5. The number of aromatic nitrogens is 2. The highest BCUT2D eigenvalue weighted by Gasteiger charge is 2.20. The van der Waals surface area contributed by atoms with Gasteiger partial charge in [0.15, 0.2) is 10.9 Å². The highest BCUT2D eigenvalue weighted by Crippen LogP contribution is 2.28. The Labute approximate surface area is 177 Å². The van der Waals surface area contributed by atoms with E-state index >= 15 is 0 Å². The van der Waals surface area contributed by atoms with Crippen LogP contribution in [0.3, 0.4) is 0 Å². The van der Waals surface area contributed by atoms with Gasteiger partial charge in [-0.2, -0.15) is 0 Å². The number of amides is 1. The number of hydrogen-bond donors (Lipinski definition) is 1. The van der Waals surface area contributed by atoms with E-state index < -0.39 is 0 Å². The molecule has 6 nitrogen and oxygen atoms in total. The third kappa shape index (κ3) is 6.23. The molecule has 7 heteroatoms. The molecule has 1 saturated carbocycles. The fourth-order valence-corrected chi connectivity index (χ4v) is 4.32. The zero-order valence-corrected chi connectivity index (χ0v) is 18.7. The molecule has 1 aliphatic carbocycles.